The van der Waals surface area contributed by atoms with Crippen LogP contribution in [0.15, 0.2) is 71.6 Å². The van der Waals surface area contributed by atoms with Crippen molar-refractivity contribution in [2.45, 2.75) is 57.6 Å². The van der Waals surface area contributed by atoms with Gasteiger partial charge in [0.05, 0.1) is 31.4 Å². The molecule has 0 saturated carbocycles. The largest absolute Gasteiger partial charge is 0.494 e. The van der Waals surface area contributed by atoms with Crippen molar-refractivity contribution >= 4 is 39.1 Å². The van der Waals surface area contributed by atoms with Gasteiger partial charge in [-0.05, 0) is 81.3 Å². The van der Waals surface area contributed by atoms with E-state index in [4.69, 9.17) is 25.8 Å². The molecule has 238 valence electrons. The maximum Gasteiger partial charge on any atom is 0.264 e. The van der Waals surface area contributed by atoms with Crippen LogP contribution >= 0.6 is 11.6 Å². The van der Waals surface area contributed by atoms with Gasteiger partial charge >= 0.3 is 0 Å². The first kappa shape index (κ1) is 34.5. The maximum absolute atomic E-state index is 14.2. The number of nitrogens with one attached hydrogen (secondary N) is 1. The number of hydrogen-bond donors (Lipinski definition) is 1. The molecule has 0 aromatic heterocycles. The summed E-state index contributed by atoms with van der Waals surface area (Å²) in [7, 11) is -1.47. The van der Waals surface area contributed by atoms with Crippen LogP contribution in [-0.4, -0.2) is 64.6 Å². The molecule has 0 bridgehead atoms. The van der Waals surface area contributed by atoms with Crippen LogP contribution in [0.1, 0.15) is 39.7 Å². The highest BCUT2D eigenvalue weighted by molar-refractivity contribution is 7.92. The molecule has 0 aliphatic carbocycles. The third-order valence-corrected chi connectivity index (χ3v) is 9.07. The number of hydrogen-bond acceptors (Lipinski definition) is 7. The fourth-order valence-corrected chi connectivity index (χ4v) is 6.03. The van der Waals surface area contributed by atoms with Crippen LogP contribution in [-0.2, 0) is 26.2 Å². The normalized spacial score (nSPS) is 12.5. The standard InChI is InChI=1S/C32H40ClN3O7S/c1-7-22(3)34-32(38)23(4)35(20-24-10-9-11-25(33)18-24)31(37)21-36(26-12-14-27(15-13-26)43-8-2)44(39,40)28-16-17-29(41-5)30(19-28)42-6/h9-19,22-23H,7-8,20-21H2,1-6H3,(H,34,38)/t22-,23-/m1/s1. The van der Waals surface area contributed by atoms with Crippen LogP contribution in [0, 0.1) is 0 Å². The first-order valence-corrected chi connectivity index (χ1v) is 16.1. The van der Waals surface area contributed by atoms with E-state index in [-0.39, 0.29) is 34.8 Å². The van der Waals surface area contributed by atoms with E-state index in [1.165, 1.54) is 37.3 Å². The Morgan fingerprint density at radius 3 is 2.20 bits per heavy atom. The van der Waals surface area contributed by atoms with Crippen molar-refractivity contribution in [2.24, 2.45) is 0 Å². The van der Waals surface area contributed by atoms with Gasteiger partial charge in [-0.1, -0.05) is 30.7 Å². The van der Waals surface area contributed by atoms with Gasteiger partial charge in [-0.15, -0.1) is 0 Å². The molecule has 0 heterocycles. The van der Waals surface area contributed by atoms with E-state index >= 15 is 0 Å². The molecule has 2 amide bonds. The molecule has 12 heteroatoms. The van der Waals surface area contributed by atoms with Crippen LogP contribution in [0.5, 0.6) is 17.2 Å². The molecule has 0 unspecified atom stereocenters. The van der Waals surface area contributed by atoms with Crippen molar-refractivity contribution < 1.29 is 32.2 Å². The van der Waals surface area contributed by atoms with Crippen LogP contribution < -0.4 is 23.8 Å². The average molecular weight is 646 g/mol. The van der Waals surface area contributed by atoms with E-state index in [0.29, 0.717) is 35.1 Å². The minimum absolute atomic E-state index is 0.0298. The minimum Gasteiger partial charge on any atom is -0.494 e. The molecule has 0 spiro atoms. The number of ether oxygens (including phenoxy) is 3. The molecule has 0 radical (unpaired) electrons. The molecular formula is C32H40ClN3O7S. The molecule has 0 aliphatic rings. The van der Waals surface area contributed by atoms with E-state index < -0.39 is 28.5 Å². The number of carbonyl (C=O) groups is 2. The predicted octanol–water partition coefficient (Wildman–Crippen LogP) is 5.28. The Morgan fingerprint density at radius 1 is 0.932 bits per heavy atom. The van der Waals surface area contributed by atoms with Gasteiger partial charge in [0, 0.05) is 23.7 Å². The Balaban J connectivity index is 2.08. The number of amides is 2. The lowest BCUT2D eigenvalue weighted by Crippen LogP contribution is -2.52. The topological polar surface area (TPSA) is 114 Å². The molecule has 0 aliphatic heterocycles. The smallest absolute Gasteiger partial charge is 0.264 e. The van der Waals surface area contributed by atoms with Gasteiger partial charge in [-0.2, -0.15) is 0 Å². The molecule has 2 atom stereocenters. The molecule has 3 aromatic carbocycles. The van der Waals surface area contributed by atoms with E-state index in [9.17, 15) is 18.0 Å². The summed E-state index contributed by atoms with van der Waals surface area (Å²) >= 11 is 6.21. The van der Waals surface area contributed by atoms with E-state index in [1.807, 2.05) is 20.8 Å². The van der Waals surface area contributed by atoms with Crippen molar-refractivity contribution in [1.29, 1.82) is 0 Å². The number of sulfonamides is 1. The molecule has 0 saturated heterocycles. The average Bonchev–Trinajstić information content (AvgIpc) is 3.02. The monoisotopic (exact) mass is 645 g/mol. The zero-order valence-corrected chi connectivity index (χ0v) is 27.4. The van der Waals surface area contributed by atoms with Crippen LogP contribution in [0.2, 0.25) is 5.02 Å². The minimum atomic E-state index is -4.33. The molecule has 1 N–H and O–H groups in total. The summed E-state index contributed by atoms with van der Waals surface area (Å²) in [6.45, 7) is 7.14. The molecule has 3 rings (SSSR count). The fourth-order valence-electron chi connectivity index (χ4n) is 4.39. The summed E-state index contributed by atoms with van der Waals surface area (Å²) in [4.78, 5) is 28.6. The number of benzene rings is 3. The van der Waals surface area contributed by atoms with E-state index in [2.05, 4.69) is 5.32 Å². The lowest BCUT2D eigenvalue weighted by molar-refractivity contribution is -0.139. The Kier molecular flexibility index (Phi) is 12.3. The fraction of sp³-hybridized carbons (Fsp3) is 0.375. The van der Waals surface area contributed by atoms with Gasteiger partial charge in [0.1, 0.15) is 18.3 Å². The van der Waals surface area contributed by atoms with Gasteiger partial charge in [-0.25, -0.2) is 8.42 Å². The Morgan fingerprint density at radius 2 is 1.61 bits per heavy atom. The van der Waals surface area contributed by atoms with Gasteiger partial charge in [0.2, 0.25) is 11.8 Å². The highest BCUT2D eigenvalue weighted by Crippen LogP contribution is 2.33. The van der Waals surface area contributed by atoms with E-state index in [0.717, 1.165) is 4.31 Å². The van der Waals surface area contributed by atoms with Crippen molar-refractivity contribution in [3.63, 3.8) is 0 Å². The number of methoxy groups -OCH3 is 2. The third-order valence-electron chi connectivity index (χ3n) is 7.07. The first-order valence-electron chi connectivity index (χ1n) is 14.3. The number of nitrogens with zero attached hydrogens (tertiary/aromatic N) is 2. The zero-order valence-electron chi connectivity index (χ0n) is 25.9. The van der Waals surface area contributed by atoms with Crippen LogP contribution in [0.25, 0.3) is 0 Å². The van der Waals surface area contributed by atoms with Gasteiger partial charge in [0.25, 0.3) is 10.0 Å². The summed E-state index contributed by atoms with van der Waals surface area (Å²) in [5.74, 6) is 0.164. The number of rotatable bonds is 15. The SMILES string of the molecule is CCOc1ccc(N(CC(=O)N(Cc2cccc(Cl)c2)[C@H](C)C(=O)N[C@H](C)CC)S(=O)(=O)c2ccc(OC)c(OC)c2)cc1. The highest BCUT2D eigenvalue weighted by Gasteiger charge is 2.33. The van der Waals surface area contributed by atoms with Gasteiger partial charge in [0.15, 0.2) is 11.5 Å². The lowest BCUT2D eigenvalue weighted by Gasteiger charge is -2.32. The lowest BCUT2D eigenvalue weighted by atomic mass is 10.1. The Hall–Kier alpha value is -3.96. The molecule has 3 aromatic rings. The molecule has 44 heavy (non-hydrogen) atoms. The van der Waals surface area contributed by atoms with E-state index in [1.54, 1.807) is 55.5 Å². The van der Waals surface area contributed by atoms with Crippen LogP contribution in [0.4, 0.5) is 5.69 Å². The third kappa shape index (κ3) is 8.57. The Labute approximate surface area is 264 Å². The molecule has 0 fully saturated rings. The van der Waals surface area contributed by atoms with Crippen molar-refractivity contribution in [3.05, 3.63) is 77.3 Å². The molecular weight excluding hydrogens is 606 g/mol. The first-order chi connectivity index (χ1) is 20.9. The quantitative estimate of drug-likeness (QED) is 0.239. The Bertz CT molecular complexity index is 1530. The van der Waals surface area contributed by atoms with Crippen molar-refractivity contribution in [3.8, 4) is 17.2 Å². The summed E-state index contributed by atoms with van der Waals surface area (Å²) in [5.41, 5.74) is 0.917. The molecule has 10 nitrogen and oxygen atoms in total. The second-order valence-corrected chi connectivity index (χ2v) is 12.4. The van der Waals surface area contributed by atoms with Crippen LogP contribution in [0.3, 0.4) is 0 Å². The number of halogens is 1. The van der Waals surface area contributed by atoms with Crippen molar-refractivity contribution in [1.82, 2.24) is 10.2 Å². The predicted molar refractivity (Wildman–Crippen MR) is 171 cm³/mol. The summed E-state index contributed by atoms with van der Waals surface area (Å²) < 4.78 is 45.5. The number of carbonyl (C=O) groups excluding carboxylic acids is 2. The summed E-state index contributed by atoms with van der Waals surface area (Å²) in [6.07, 6.45) is 0.704. The summed E-state index contributed by atoms with van der Waals surface area (Å²) in [5, 5.41) is 3.39. The maximum atomic E-state index is 14.2. The second kappa shape index (κ2) is 15.7. The summed E-state index contributed by atoms with van der Waals surface area (Å²) in [6, 6.07) is 16.5. The van der Waals surface area contributed by atoms with Crippen molar-refractivity contribution in [2.75, 3.05) is 31.7 Å². The van der Waals surface area contributed by atoms with Gasteiger partial charge < -0.3 is 24.4 Å². The zero-order chi connectivity index (χ0) is 32.4. The number of anilines is 1. The second-order valence-electron chi connectivity index (χ2n) is 10.1. The highest BCUT2D eigenvalue weighted by atomic mass is 35.5. The van der Waals surface area contributed by atoms with Gasteiger partial charge in [-0.3, -0.25) is 13.9 Å².